The minimum atomic E-state index is -3.19. The fraction of sp³-hybridized carbons (Fsp3) is 0.316. The number of alkyl halides is 2. The zero-order valence-electron chi connectivity index (χ0n) is 30.8. The number of hydrogen-bond donors (Lipinski definition) is 2. The average molecular weight is 859 g/mol. The molecule has 0 heterocycles. The third-order valence-electron chi connectivity index (χ3n) is 7.52. The molecule has 0 fully saturated rings. The van der Waals surface area contributed by atoms with Crippen molar-refractivity contribution in [1.29, 1.82) is 0 Å². The molecular weight excluding hydrogens is 820 g/mol. The van der Waals surface area contributed by atoms with E-state index in [-0.39, 0.29) is 32.3 Å². The minimum Gasteiger partial charge on any atom is -0.444 e. The number of nitrogens with one attached hydrogen (secondary N) is 2. The largest absolute Gasteiger partial charge is 0.444 e. The maximum absolute atomic E-state index is 16.0. The molecule has 0 aliphatic rings. The van der Waals surface area contributed by atoms with Gasteiger partial charge in [-0.25, -0.2) is 9.59 Å². The van der Waals surface area contributed by atoms with Crippen LogP contribution in [0.1, 0.15) is 75.9 Å². The standard InChI is InChI=1S/2C19H19Cl2FN2O4/c2*1-18(2,3)28-17(25)23-16(12-4-8-14(20)9-5-12)19(22,24(26)27)13-6-10-15(21)11-7-13/h2*4-11,16H,1-3H3,(H,23,25)/t2*16-,19+/m11/s1. The molecule has 56 heavy (non-hydrogen) atoms. The second-order valence-corrected chi connectivity index (χ2v) is 15.9. The summed E-state index contributed by atoms with van der Waals surface area (Å²) in [7, 11) is 0. The molecule has 300 valence electrons. The van der Waals surface area contributed by atoms with Gasteiger partial charge in [-0.2, -0.15) is 8.78 Å². The number of nitrogens with zero attached hydrogens (tertiary/aromatic N) is 2. The van der Waals surface area contributed by atoms with Gasteiger partial charge in [0, 0.05) is 20.1 Å². The quantitative estimate of drug-likeness (QED) is 0.0904. The van der Waals surface area contributed by atoms with Crippen molar-refractivity contribution in [3.63, 3.8) is 0 Å². The van der Waals surface area contributed by atoms with E-state index in [4.69, 9.17) is 55.9 Å². The number of carbonyl (C=O) groups excluding carboxylic acids is 2. The molecule has 0 aliphatic carbocycles. The van der Waals surface area contributed by atoms with Gasteiger partial charge in [0.05, 0.1) is 21.0 Å². The van der Waals surface area contributed by atoms with E-state index in [0.29, 0.717) is 10.0 Å². The number of benzene rings is 4. The monoisotopic (exact) mass is 856 g/mol. The molecule has 4 rings (SSSR count). The van der Waals surface area contributed by atoms with Crippen molar-refractivity contribution in [2.75, 3.05) is 0 Å². The molecule has 0 unspecified atom stereocenters. The van der Waals surface area contributed by atoms with E-state index in [9.17, 15) is 29.8 Å². The van der Waals surface area contributed by atoms with Crippen LogP contribution < -0.4 is 10.6 Å². The smallest absolute Gasteiger partial charge is 0.408 e. The first-order valence-electron chi connectivity index (χ1n) is 16.6. The Morgan fingerprint density at radius 3 is 0.982 bits per heavy atom. The van der Waals surface area contributed by atoms with E-state index in [1.807, 2.05) is 0 Å². The van der Waals surface area contributed by atoms with Gasteiger partial charge in [-0.3, -0.25) is 20.2 Å². The van der Waals surface area contributed by atoms with Crippen molar-refractivity contribution in [2.45, 2.75) is 76.4 Å². The number of rotatable bonds is 10. The Labute approximate surface area is 341 Å². The van der Waals surface area contributed by atoms with E-state index in [1.165, 1.54) is 97.1 Å². The van der Waals surface area contributed by atoms with Gasteiger partial charge in [-0.15, -0.1) is 0 Å². The molecule has 2 amide bonds. The first-order valence-corrected chi connectivity index (χ1v) is 18.1. The Kier molecular flexibility index (Phi) is 15.0. The average Bonchev–Trinajstić information content (AvgIpc) is 3.09. The fourth-order valence-corrected chi connectivity index (χ4v) is 5.59. The van der Waals surface area contributed by atoms with Crippen LogP contribution in [0.5, 0.6) is 0 Å². The molecule has 4 aromatic rings. The van der Waals surface area contributed by atoms with Crippen molar-refractivity contribution in [3.05, 3.63) is 160 Å². The molecular formula is C38H38Cl4F2N4O8. The van der Waals surface area contributed by atoms with Crippen molar-refractivity contribution in [3.8, 4) is 0 Å². The van der Waals surface area contributed by atoms with Crippen molar-refractivity contribution in [1.82, 2.24) is 10.6 Å². The van der Waals surface area contributed by atoms with Gasteiger partial charge in [0.1, 0.15) is 11.2 Å². The fourth-order valence-electron chi connectivity index (χ4n) is 5.08. The normalized spacial score (nSPS) is 14.6. The van der Waals surface area contributed by atoms with Crippen molar-refractivity contribution < 1.29 is 37.7 Å². The third kappa shape index (κ3) is 12.1. The first kappa shape index (κ1) is 45.6. The van der Waals surface area contributed by atoms with Crippen LogP contribution in [0.15, 0.2) is 97.1 Å². The molecule has 0 aromatic heterocycles. The SMILES string of the molecule is CC(C)(C)OC(=O)N[C@H](c1ccc(Cl)cc1)[C@](F)(c1ccc(Cl)cc1)[N+](=O)[O-].CC(C)(C)OC(=O)N[C@H](c1ccc(Cl)cc1)[C@](F)(c1ccc(Cl)cc1)[N+](=O)[O-]. The van der Waals surface area contributed by atoms with Gasteiger partial charge in [0.15, 0.2) is 12.1 Å². The summed E-state index contributed by atoms with van der Waals surface area (Å²) >= 11 is 23.4. The van der Waals surface area contributed by atoms with Crippen LogP contribution in [0.4, 0.5) is 18.4 Å². The van der Waals surface area contributed by atoms with Crippen LogP contribution in [0, 0.1) is 20.2 Å². The summed E-state index contributed by atoms with van der Waals surface area (Å²) in [5.41, 5.74) is -2.02. The second-order valence-electron chi connectivity index (χ2n) is 14.1. The summed E-state index contributed by atoms with van der Waals surface area (Å²) in [6, 6.07) is 18.2. The molecule has 0 bridgehead atoms. The predicted molar refractivity (Wildman–Crippen MR) is 210 cm³/mol. The predicted octanol–water partition coefficient (Wildman–Crippen LogP) is 11.3. The topological polar surface area (TPSA) is 163 Å². The number of ether oxygens (including phenoxy) is 2. The highest BCUT2D eigenvalue weighted by atomic mass is 35.5. The number of hydrogen-bond acceptors (Lipinski definition) is 8. The lowest BCUT2D eigenvalue weighted by Gasteiger charge is -2.29. The zero-order valence-corrected chi connectivity index (χ0v) is 33.8. The van der Waals surface area contributed by atoms with E-state index < -0.39 is 56.9 Å². The molecule has 0 saturated carbocycles. The Bertz CT molecular complexity index is 1850. The van der Waals surface area contributed by atoms with Gasteiger partial charge in [0.25, 0.3) is 0 Å². The second kappa shape index (κ2) is 18.5. The Morgan fingerprint density at radius 1 is 0.536 bits per heavy atom. The maximum Gasteiger partial charge on any atom is 0.408 e. The maximum atomic E-state index is 16.0. The molecule has 12 nitrogen and oxygen atoms in total. The number of amides is 2. The third-order valence-corrected chi connectivity index (χ3v) is 8.53. The molecule has 2 N–H and O–H groups in total. The highest BCUT2D eigenvalue weighted by Crippen LogP contribution is 2.42. The van der Waals surface area contributed by atoms with Crippen LogP contribution in [0.25, 0.3) is 0 Å². The van der Waals surface area contributed by atoms with Crippen molar-refractivity contribution >= 4 is 58.6 Å². The van der Waals surface area contributed by atoms with Gasteiger partial charge in [-0.05, 0) is 125 Å². The van der Waals surface area contributed by atoms with E-state index >= 15 is 8.78 Å². The molecule has 0 aliphatic heterocycles. The number of carbonyl (C=O) groups is 2. The highest BCUT2D eigenvalue weighted by Gasteiger charge is 2.56. The number of alkyl carbamates (subject to hydrolysis) is 2. The lowest BCUT2D eigenvalue weighted by Crippen LogP contribution is -2.47. The molecule has 0 saturated heterocycles. The molecule has 0 spiro atoms. The zero-order chi connectivity index (χ0) is 42.2. The molecule has 0 radical (unpaired) electrons. The summed E-state index contributed by atoms with van der Waals surface area (Å²) in [6.07, 6.45) is -1.99. The van der Waals surface area contributed by atoms with Gasteiger partial charge in [-0.1, -0.05) is 70.7 Å². The molecule has 18 heteroatoms. The van der Waals surface area contributed by atoms with E-state index in [1.54, 1.807) is 41.5 Å². The summed E-state index contributed by atoms with van der Waals surface area (Å²) in [4.78, 5) is 46.1. The van der Waals surface area contributed by atoms with E-state index in [0.717, 1.165) is 0 Å². The lowest BCUT2D eigenvalue weighted by atomic mass is 9.91. The lowest BCUT2D eigenvalue weighted by molar-refractivity contribution is -0.623. The highest BCUT2D eigenvalue weighted by molar-refractivity contribution is 6.31. The molecule has 4 aromatic carbocycles. The first-order chi connectivity index (χ1) is 25.9. The summed E-state index contributed by atoms with van der Waals surface area (Å²) < 4.78 is 42.3. The number of nitro groups is 2. The summed E-state index contributed by atoms with van der Waals surface area (Å²) in [5.74, 6) is -6.37. The molecule has 4 atom stereocenters. The Morgan fingerprint density at radius 2 is 0.768 bits per heavy atom. The Hall–Kier alpha value is -4.76. The van der Waals surface area contributed by atoms with Crippen LogP contribution in [0.2, 0.25) is 20.1 Å². The summed E-state index contributed by atoms with van der Waals surface area (Å²) in [5, 5.41) is 29.5. The van der Waals surface area contributed by atoms with Crippen LogP contribution >= 0.6 is 46.4 Å². The van der Waals surface area contributed by atoms with E-state index in [2.05, 4.69) is 10.6 Å². The number of halogens is 6. The van der Waals surface area contributed by atoms with Crippen molar-refractivity contribution in [2.24, 2.45) is 0 Å². The minimum absolute atomic E-state index is 0.143. The summed E-state index contributed by atoms with van der Waals surface area (Å²) in [6.45, 7) is 9.75. The van der Waals surface area contributed by atoms with Crippen LogP contribution in [0.3, 0.4) is 0 Å². The van der Waals surface area contributed by atoms with Gasteiger partial charge in [0.2, 0.25) is 0 Å². The Balaban J connectivity index is 0.000000300. The van der Waals surface area contributed by atoms with Gasteiger partial charge < -0.3 is 20.1 Å². The van der Waals surface area contributed by atoms with Gasteiger partial charge >= 0.3 is 23.8 Å². The van der Waals surface area contributed by atoms with Crippen LogP contribution in [-0.4, -0.2) is 33.2 Å². The van der Waals surface area contributed by atoms with Crippen LogP contribution in [-0.2, 0) is 21.1 Å².